The molecule has 0 radical (unpaired) electrons. The Labute approximate surface area is 119 Å². The van der Waals surface area contributed by atoms with E-state index in [9.17, 15) is 4.79 Å². The lowest BCUT2D eigenvalue weighted by atomic mass is 10.0. The second kappa shape index (κ2) is 4.50. The highest BCUT2D eigenvalue weighted by molar-refractivity contribution is 5.68. The first kappa shape index (κ1) is 13.5. The van der Waals surface area contributed by atoms with Gasteiger partial charge in [0, 0.05) is 37.2 Å². The number of hydrogen-bond acceptors (Lipinski definition) is 3. The Morgan fingerprint density at radius 2 is 2.05 bits per heavy atom. The smallest absolute Gasteiger partial charge is 0.410 e. The van der Waals surface area contributed by atoms with Gasteiger partial charge in [0.2, 0.25) is 0 Å². The maximum atomic E-state index is 12.2. The van der Waals surface area contributed by atoms with Crippen molar-refractivity contribution in [3.63, 3.8) is 0 Å². The Hall–Kier alpha value is -1.52. The molecule has 1 aliphatic heterocycles. The number of hydrogen-bond donors (Lipinski definition) is 0. The summed E-state index contributed by atoms with van der Waals surface area (Å²) in [5, 5.41) is 4.66. The SMILES string of the molecule is Cn1nc(C2CC2)c2c1CCN(C(=O)OC(C)(C)C)C2. The Bertz CT molecular complexity index is 538. The summed E-state index contributed by atoms with van der Waals surface area (Å²) in [5.74, 6) is 0.614. The molecule has 0 N–H and O–H groups in total. The van der Waals surface area contributed by atoms with E-state index in [4.69, 9.17) is 4.74 Å². The molecule has 1 fully saturated rings. The van der Waals surface area contributed by atoms with Gasteiger partial charge in [0.1, 0.15) is 5.60 Å². The van der Waals surface area contributed by atoms with Crippen LogP contribution in [0.5, 0.6) is 0 Å². The van der Waals surface area contributed by atoms with Crippen LogP contribution in [0, 0.1) is 0 Å². The van der Waals surface area contributed by atoms with E-state index in [-0.39, 0.29) is 6.09 Å². The Morgan fingerprint density at radius 1 is 1.35 bits per heavy atom. The van der Waals surface area contributed by atoms with Gasteiger partial charge in [0.25, 0.3) is 0 Å². The lowest BCUT2D eigenvalue weighted by Crippen LogP contribution is -2.40. The highest BCUT2D eigenvalue weighted by Gasteiger charge is 2.35. The predicted octanol–water partition coefficient (Wildman–Crippen LogP) is 2.59. The number of fused-ring (bicyclic) bond motifs is 1. The van der Waals surface area contributed by atoms with Gasteiger partial charge in [-0.15, -0.1) is 0 Å². The zero-order chi connectivity index (χ0) is 14.5. The van der Waals surface area contributed by atoms with Crippen LogP contribution in [-0.2, 0) is 24.8 Å². The second-order valence-corrected chi connectivity index (χ2v) is 6.86. The summed E-state index contributed by atoms with van der Waals surface area (Å²) in [7, 11) is 2.01. The van der Waals surface area contributed by atoms with E-state index in [1.54, 1.807) is 4.90 Å². The van der Waals surface area contributed by atoms with Gasteiger partial charge in [0.05, 0.1) is 12.2 Å². The third-order valence-corrected chi connectivity index (χ3v) is 3.89. The van der Waals surface area contributed by atoms with E-state index < -0.39 is 5.60 Å². The van der Waals surface area contributed by atoms with Crippen LogP contribution in [0.3, 0.4) is 0 Å². The molecule has 5 heteroatoms. The molecule has 2 aliphatic rings. The summed E-state index contributed by atoms with van der Waals surface area (Å²) in [4.78, 5) is 14.0. The fraction of sp³-hybridized carbons (Fsp3) is 0.733. The zero-order valence-corrected chi connectivity index (χ0v) is 12.8. The van der Waals surface area contributed by atoms with Gasteiger partial charge in [-0.1, -0.05) is 0 Å². The predicted molar refractivity (Wildman–Crippen MR) is 75.5 cm³/mol. The number of aromatic nitrogens is 2. The summed E-state index contributed by atoms with van der Waals surface area (Å²) in [6, 6.07) is 0. The first-order valence-corrected chi connectivity index (χ1v) is 7.38. The van der Waals surface area contributed by atoms with Crippen LogP contribution in [-0.4, -0.2) is 32.9 Å². The van der Waals surface area contributed by atoms with Gasteiger partial charge < -0.3 is 9.64 Å². The number of rotatable bonds is 1. The molecule has 20 heavy (non-hydrogen) atoms. The number of carbonyl (C=O) groups excluding carboxylic acids is 1. The largest absolute Gasteiger partial charge is 0.444 e. The highest BCUT2D eigenvalue weighted by Crippen LogP contribution is 2.42. The molecule has 1 aliphatic carbocycles. The average molecular weight is 277 g/mol. The molecule has 0 unspecified atom stereocenters. The molecule has 5 nitrogen and oxygen atoms in total. The lowest BCUT2D eigenvalue weighted by Gasteiger charge is -2.30. The number of amides is 1. The fourth-order valence-electron chi connectivity index (χ4n) is 2.79. The van der Waals surface area contributed by atoms with E-state index >= 15 is 0 Å². The molecule has 0 atom stereocenters. The monoisotopic (exact) mass is 277 g/mol. The minimum atomic E-state index is -0.439. The van der Waals surface area contributed by atoms with Crippen molar-refractivity contribution in [2.45, 2.75) is 58.1 Å². The minimum absolute atomic E-state index is 0.214. The first-order chi connectivity index (χ1) is 9.35. The maximum Gasteiger partial charge on any atom is 0.410 e. The van der Waals surface area contributed by atoms with Crippen LogP contribution in [0.15, 0.2) is 0 Å². The van der Waals surface area contributed by atoms with Crippen molar-refractivity contribution in [3.8, 4) is 0 Å². The summed E-state index contributed by atoms with van der Waals surface area (Å²) in [6.07, 6.45) is 3.12. The number of aryl methyl sites for hydroxylation is 1. The molecule has 0 spiro atoms. The van der Waals surface area contributed by atoms with Crippen molar-refractivity contribution >= 4 is 6.09 Å². The van der Waals surface area contributed by atoms with Crippen LogP contribution in [0.2, 0.25) is 0 Å². The van der Waals surface area contributed by atoms with Crippen LogP contribution >= 0.6 is 0 Å². The van der Waals surface area contributed by atoms with E-state index in [0.717, 1.165) is 6.42 Å². The molecular formula is C15H23N3O2. The van der Waals surface area contributed by atoms with E-state index in [2.05, 4.69) is 5.10 Å². The van der Waals surface area contributed by atoms with E-state index in [1.165, 1.54) is 29.8 Å². The molecule has 2 heterocycles. The third-order valence-electron chi connectivity index (χ3n) is 3.89. The summed E-state index contributed by atoms with van der Waals surface area (Å²) in [6.45, 7) is 7.06. The van der Waals surface area contributed by atoms with Gasteiger partial charge in [-0.05, 0) is 33.6 Å². The fourth-order valence-corrected chi connectivity index (χ4v) is 2.79. The van der Waals surface area contributed by atoms with Crippen molar-refractivity contribution in [2.75, 3.05) is 6.54 Å². The lowest BCUT2D eigenvalue weighted by molar-refractivity contribution is 0.0222. The number of ether oxygens (including phenoxy) is 1. The van der Waals surface area contributed by atoms with Gasteiger partial charge in [-0.2, -0.15) is 5.10 Å². The van der Waals surface area contributed by atoms with E-state index in [1.807, 2.05) is 32.5 Å². The van der Waals surface area contributed by atoms with Crippen LogP contribution in [0.4, 0.5) is 4.79 Å². The van der Waals surface area contributed by atoms with Crippen LogP contribution in [0.1, 0.15) is 56.5 Å². The van der Waals surface area contributed by atoms with Gasteiger partial charge in [0.15, 0.2) is 0 Å². The van der Waals surface area contributed by atoms with Gasteiger partial charge in [-0.3, -0.25) is 4.68 Å². The normalized spacial score (nSPS) is 18.9. The molecule has 0 bridgehead atoms. The molecule has 1 amide bonds. The Morgan fingerprint density at radius 3 is 2.65 bits per heavy atom. The average Bonchev–Trinajstić information content (AvgIpc) is 3.13. The number of nitrogens with zero attached hydrogens (tertiary/aromatic N) is 3. The molecule has 0 aromatic carbocycles. The Balaban J connectivity index is 1.79. The van der Waals surface area contributed by atoms with Gasteiger partial charge >= 0.3 is 6.09 Å². The standard InChI is InChI=1S/C15H23N3O2/c1-15(2,3)20-14(19)18-8-7-12-11(9-18)13(10-5-6-10)16-17(12)4/h10H,5-9H2,1-4H3. The summed E-state index contributed by atoms with van der Waals surface area (Å²) in [5.41, 5.74) is 3.31. The summed E-state index contributed by atoms with van der Waals surface area (Å²) >= 11 is 0. The zero-order valence-electron chi connectivity index (χ0n) is 12.8. The molecule has 1 aromatic heterocycles. The first-order valence-electron chi connectivity index (χ1n) is 7.38. The second-order valence-electron chi connectivity index (χ2n) is 6.86. The van der Waals surface area contributed by atoms with Crippen LogP contribution < -0.4 is 0 Å². The molecular weight excluding hydrogens is 254 g/mol. The molecule has 110 valence electrons. The topological polar surface area (TPSA) is 47.4 Å². The minimum Gasteiger partial charge on any atom is -0.444 e. The Kier molecular flexibility index (Phi) is 3.03. The van der Waals surface area contributed by atoms with Crippen LogP contribution in [0.25, 0.3) is 0 Å². The summed E-state index contributed by atoms with van der Waals surface area (Å²) < 4.78 is 7.47. The number of carbonyl (C=O) groups is 1. The quantitative estimate of drug-likeness (QED) is 0.792. The van der Waals surface area contributed by atoms with Crippen molar-refractivity contribution in [3.05, 3.63) is 17.0 Å². The maximum absolute atomic E-state index is 12.2. The molecule has 1 aromatic rings. The van der Waals surface area contributed by atoms with Crippen molar-refractivity contribution < 1.29 is 9.53 Å². The highest BCUT2D eigenvalue weighted by atomic mass is 16.6. The van der Waals surface area contributed by atoms with Crippen molar-refractivity contribution in [2.24, 2.45) is 7.05 Å². The van der Waals surface area contributed by atoms with E-state index in [0.29, 0.717) is 19.0 Å². The third kappa shape index (κ3) is 2.53. The molecule has 3 rings (SSSR count). The van der Waals surface area contributed by atoms with Gasteiger partial charge in [-0.25, -0.2) is 4.79 Å². The molecule has 1 saturated carbocycles. The molecule has 0 saturated heterocycles. The van der Waals surface area contributed by atoms with Crippen molar-refractivity contribution in [1.82, 2.24) is 14.7 Å². The van der Waals surface area contributed by atoms with Crippen molar-refractivity contribution in [1.29, 1.82) is 0 Å².